The van der Waals surface area contributed by atoms with Gasteiger partial charge in [-0.25, -0.2) is 9.13 Å². The van der Waals surface area contributed by atoms with Gasteiger partial charge in [0.05, 0.1) is 26.4 Å². The van der Waals surface area contributed by atoms with E-state index in [1.54, 1.807) is 0 Å². The molecule has 17 nitrogen and oxygen atoms in total. The van der Waals surface area contributed by atoms with Crippen molar-refractivity contribution in [1.82, 2.24) is 0 Å². The van der Waals surface area contributed by atoms with E-state index >= 15 is 0 Å². The number of carbonyl (C=O) groups excluding carboxylic acids is 4. The molecule has 624 valence electrons. The fourth-order valence-corrected chi connectivity index (χ4v) is 15.0. The summed E-state index contributed by atoms with van der Waals surface area (Å²) in [5, 5.41) is 10.7. The Bertz CT molecular complexity index is 2010. The Balaban J connectivity index is 5.25. The molecule has 0 fully saturated rings. The Morgan fingerprint density at radius 2 is 0.486 bits per heavy atom. The van der Waals surface area contributed by atoms with Crippen LogP contribution in [0.2, 0.25) is 0 Å². The van der Waals surface area contributed by atoms with Gasteiger partial charge in [0.15, 0.2) is 12.2 Å². The summed E-state index contributed by atoms with van der Waals surface area (Å²) in [5.41, 5.74) is 0. The van der Waals surface area contributed by atoms with Crippen molar-refractivity contribution in [3.05, 3.63) is 0 Å². The van der Waals surface area contributed by atoms with Crippen molar-refractivity contribution in [1.29, 1.82) is 0 Å². The highest BCUT2D eigenvalue weighted by atomic mass is 31.2. The van der Waals surface area contributed by atoms with Crippen LogP contribution in [-0.2, 0) is 65.4 Å². The number of aliphatic hydroxyl groups excluding tert-OH is 1. The number of hydrogen-bond acceptors (Lipinski definition) is 15. The van der Waals surface area contributed by atoms with Gasteiger partial charge in [0.25, 0.3) is 0 Å². The summed E-state index contributed by atoms with van der Waals surface area (Å²) in [4.78, 5) is 73.3. The standard InChI is InChI=1S/C86H168O17P2/c1-7-10-12-14-16-18-20-22-23-26-30-34-38-45-51-57-63-69-84(89)97-74-81(102-85(90)70-64-58-52-46-39-35-31-28-25-24-27-29-33-36-42-48-54-60-66-78(4)5)76-100-104(92,93)98-72-80(87)73-99-105(94,95)101-77-82(75-96-83(88)68-62-56-50-44-37-32-21-19-17-15-13-11-8-2)103-86(91)71-65-59-53-47-41-40-43-49-55-61-67-79(6)9-3/h78-82,87H,7-77H2,1-6H3,(H,92,93)(H,94,95)/t79?,80-,81-,82-/m1/s1. The minimum absolute atomic E-state index is 0.107. The number of aliphatic hydroxyl groups is 1. The fraction of sp³-hybridized carbons (Fsp3) is 0.953. The average Bonchev–Trinajstić information content (AvgIpc) is 0.915. The van der Waals surface area contributed by atoms with Crippen LogP contribution < -0.4 is 0 Å². The van der Waals surface area contributed by atoms with Crippen molar-refractivity contribution in [2.24, 2.45) is 11.8 Å². The topological polar surface area (TPSA) is 237 Å². The molecule has 0 heterocycles. The molecule has 105 heavy (non-hydrogen) atoms. The minimum atomic E-state index is -4.97. The zero-order valence-corrected chi connectivity index (χ0v) is 70.8. The molecule has 0 aliphatic rings. The summed E-state index contributed by atoms with van der Waals surface area (Å²) in [6, 6.07) is 0. The van der Waals surface area contributed by atoms with E-state index in [2.05, 4.69) is 41.5 Å². The van der Waals surface area contributed by atoms with Crippen molar-refractivity contribution >= 4 is 39.5 Å². The Morgan fingerprint density at radius 3 is 0.724 bits per heavy atom. The van der Waals surface area contributed by atoms with E-state index in [0.29, 0.717) is 25.7 Å². The largest absolute Gasteiger partial charge is 0.472 e. The van der Waals surface area contributed by atoms with E-state index in [0.717, 1.165) is 102 Å². The van der Waals surface area contributed by atoms with E-state index < -0.39 is 97.5 Å². The molecule has 0 aromatic heterocycles. The second-order valence-electron chi connectivity index (χ2n) is 31.6. The smallest absolute Gasteiger partial charge is 0.462 e. The van der Waals surface area contributed by atoms with Gasteiger partial charge >= 0.3 is 39.5 Å². The summed E-state index contributed by atoms with van der Waals surface area (Å²) in [6.45, 7) is 9.74. The molecule has 0 bridgehead atoms. The van der Waals surface area contributed by atoms with Crippen molar-refractivity contribution in [2.75, 3.05) is 39.6 Å². The number of esters is 4. The van der Waals surface area contributed by atoms with Crippen LogP contribution in [-0.4, -0.2) is 96.7 Å². The van der Waals surface area contributed by atoms with Gasteiger partial charge in [0, 0.05) is 25.7 Å². The monoisotopic (exact) mass is 1540 g/mol. The lowest BCUT2D eigenvalue weighted by Gasteiger charge is -2.21. The van der Waals surface area contributed by atoms with Crippen LogP contribution in [0.25, 0.3) is 0 Å². The van der Waals surface area contributed by atoms with Crippen LogP contribution >= 0.6 is 15.6 Å². The molecule has 0 saturated carbocycles. The third kappa shape index (κ3) is 78.5. The normalized spacial score (nSPS) is 14.1. The first-order chi connectivity index (χ1) is 50.9. The van der Waals surface area contributed by atoms with Crippen LogP contribution in [0.4, 0.5) is 0 Å². The maximum Gasteiger partial charge on any atom is 0.472 e. The van der Waals surface area contributed by atoms with Crippen LogP contribution in [0.15, 0.2) is 0 Å². The number of hydrogen-bond donors (Lipinski definition) is 3. The average molecular weight is 1540 g/mol. The summed E-state index contributed by atoms with van der Waals surface area (Å²) < 4.78 is 68.9. The second-order valence-corrected chi connectivity index (χ2v) is 34.6. The highest BCUT2D eigenvalue weighted by Gasteiger charge is 2.30. The quantitative estimate of drug-likeness (QED) is 0.0222. The van der Waals surface area contributed by atoms with Crippen LogP contribution in [0.3, 0.4) is 0 Å². The zero-order valence-electron chi connectivity index (χ0n) is 69.0. The van der Waals surface area contributed by atoms with E-state index in [1.165, 1.54) is 276 Å². The third-order valence-corrected chi connectivity index (χ3v) is 22.5. The molecule has 3 N–H and O–H groups in total. The third-order valence-electron chi connectivity index (χ3n) is 20.6. The van der Waals surface area contributed by atoms with Gasteiger partial charge in [-0.2, -0.15) is 0 Å². The molecule has 3 unspecified atom stereocenters. The maximum atomic E-state index is 13.1. The lowest BCUT2D eigenvalue weighted by molar-refractivity contribution is -0.161. The highest BCUT2D eigenvalue weighted by molar-refractivity contribution is 7.47. The van der Waals surface area contributed by atoms with Crippen LogP contribution in [0.1, 0.15) is 459 Å². The molecule has 0 radical (unpaired) electrons. The zero-order chi connectivity index (χ0) is 77.1. The molecule has 0 aliphatic heterocycles. The van der Waals surface area contributed by atoms with Gasteiger partial charge in [-0.15, -0.1) is 0 Å². The van der Waals surface area contributed by atoms with Gasteiger partial charge in [-0.05, 0) is 37.5 Å². The number of rotatable bonds is 85. The van der Waals surface area contributed by atoms with Crippen molar-refractivity contribution in [3.63, 3.8) is 0 Å². The van der Waals surface area contributed by atoms with E-state index in [1.807, 2.05) is 0 Å². The number of phosphoric ester groups is 2. The van der Waals surface area contributed by atoms with E-state index in [4.69, 9.17) is 37.0 Å². The lowest BCUT2D eigenvalue weighted by Crippen LogP contribution is -2.30. The molecule has 0 aromatic carbocycles. The number of phosphoric acid groups is 2. The van der Waals surface area contributed by atoms with Gasteiger partial charge in [0.2, 0.25) is 0 Å². The van der Waals surface area contributed by atoms with E-state index in [9.17, 15) is 43.2 Å². The molecule has 6 atom stereocenters. The first-order valence-corrected chi connectivity index (χ1v) is 47.5. The summed E-state index contributed by atoms with van der Waals surface area (Å²) in [5.74, 6) is -0.477. The van der Waals surface area contributed by atoms with Crippen molar-refractivity contribution in [2.45, 2.75) is 477 Å². The molecule has 0 aliphatic carbocycles. The highest BCUT2D eigenvalue weighted by Crippen LogP contribution is 2.45. The Hall–Kier alpha value is -1.94. The fourth-order valence-electron chi connectivity index (χ4n) is 13.4. The van der Waals surface area contributed by atoms with Gasteiger partial charge < -0.3 is 33.8 Å². The Kier molecular flexibility index (Phi) is 76.0. The molecule has 0 amide bonds. The number of unbranched alkanes of at least 4 members (excludes halogenated alkanes) is 54. The number of ether oxygens (including phenoxy) is 4. The number of carbonyl (C=O) groups is 4. The SMILES string of the molecule is CCCCCCCCCCCCCCCCCCCC(=O)OC[C@H](COP(=O)(O)OC[C@@H](O)COP(=O)(O)OC[C@@H](COC(=O)CCCCCCCCCCCCCCC)OC(=O)CCCCCCCCCCCCC(C)CC)OC(=O)CCCCCCCCCCCCCCCCCCCCC(C)C. The molecule has 19 heteroatoms. The molecule has 0 aromatic rings. The summed E-state index contributed by atoms with van der Waals surface area (Å²) in [7, 11) is -9.93. The summed E-state index contributed by atoms with van der Waals surface area (Å²) in [6.07, 6.45) is 69.3. The van der Waals surface area contributed by atoms with Crippen molar-refractivity contribution in [3.8, 4) is 0 Å². The first-order valence-electron chi connectivity index (χ1n) is 44.5. The van der Waals surface area contributed by atoms with Crippen molar-refractivity contribution < 1.29 is 80.2 Å². The van der Waals surface area contributed by atoms with E-state index in [-0.39, 0.29) is 25.7 Å². The Morgan fingerprint density at radius 1 is 0.276 bits per heavy atom. The second kappa shape index (κ2) is 77.4. The first kappa shape index (κ1) is 103. The van der Waals surface area contributed by atoms with Crippen LogP contribution in [0, 0.1) is 11.8 Å². The van der Waals surface area contributed by atoms with Gasteiger partial charge in [-0.3, -0.25) is 37.3 Å². The predicted molar refractivity (Wildman–Crippen MR) is 432 cm³/mol. The van der Waals surface area contributed by atoms with Crippen LogP contribution in [0.5, 0.6) is 0 Å². The minimum Gasteiger partial charge on any atom is -0.462 e. The Labute approximate surface area is 645 Å². The van der Waals surface area contributed by atoms with Gasteiger partial charge in [-0.1, -0.05) is 408 Å². The van der Waals surface area contributed by atoms with Gasteiger partial charge in [0.1, 0.15) is 19.3 Å². The predicted octanol–water partition coefficient (Wildman–Crippen LogP) is 26.2. The molecule has 0 spiro atoms. The lowest BCUT2D eigenvalue weighted by atomic mass is 9.99. The summed E-state index contributed by atoms with van der Waals surface area (Å²) >= 11 is 0. The molecule has 0 saturated heterocycles. The molecule has 0 rings (SSSR count). The maximum absolute atomic E-state index is 13.1. The molecular formula is C86H168O17P2. The molecular weight excluding hydrogens is 1370 g/mol.